The molecular formula is C13H19BrClN. The van der Waals surface area contributed by atoms with E-state index in [1.165, 1.54) is 11.3 Å². The topological polar surface area (TPSA) is 3.24 Å². The second-order valence-electron chi connectivity index (χ2n) is 5.32. The number of benzene rings is 1. The molecule has 0 saturated carbocycles. The van der Waals surface area contributed by atoms with Gasteiger partial charge in [0.15, 0.2) is 0 Å². The molecule has 0 aliphatic heterocycles. The van der Waals surface area contributed by atoms with Crippen molar-refractivity contribution in [2.75, 3.05) is 18.5 Å². The molecule has 16 heavy (non-hydrogen) atoms. The maximum Gasteiger partial charge on any atom is 0.0426 e. The van der Waals surface area contributed by atoms with E-state index in [4.69, 9.17) is 11.6 Å². The third kappa shape index (κ3) is 3.99. The van der Waals surface area contributed by atoms with E-state index >= 15 is 0 Å². The third-order valence-corrected chi connectivity index (χ3v) is 3.15. The molecular weight excluding hydrogens is 286 g/mol. The van der Waals surface area contributed by atoms with Crippen LogP contribution in [0.15, 0.2) is 18.2 Å². The summed E-state index contributed by atoms with van der Waals surface area (Å²) in [5.41, 5.74) is 2.76. The van der Waals surface area contributed by atoms with Crippen LogP contribution in [-0.4, -0.2) is 13.6 Å². The van der Waals surface area contributed by atoms with E-state index in [2.05, 4.69) is 54.7 Å². The van der Waals surface area contributed by atoms with Crippen LogP contribution in [0, 0.1) is 5.41 Å². The summed E-state index contributed by atoms with van der Waals surface area (Å²) in [5.74, 6) is 0. The lowest BCUT2D eigenvalue weighted by atomic mass is 9.96. The molecule has 1 aromatic rings. The number of alkyl halides is 1. The minimum Gasteiger partial charge on any atom is -0.374 e. The van der Waals surface area contributed by atoms with Crippen LogP contribution in [0.4, 0.5) is 5.69 Å². The Labute approximate surface area is 112 Å². The summed E-state index contributed by atoms with van der Waals surface area (Å²) < 4.78 is 0. The Bertz CT molecular complexity index is 357. The van der Waals surface area contributed by atoms with Gasteiger partial charge >= 0.3 is 0 Å². The molecule has 0 radical (unpaired) electrons. The standard InChI is InChI=1S/C13H19BrClN/c1-13(2,3)9-16(4)12-7-11(15)6-5-10(12)8-14/h5-7H,8-9H2,1-4H3. The normalized spacial score (nSPS) is 11.6. The fourth-order valence-electron chi connectivity index (χ4n) is 1.80. The first-order valence-electron chi connectivity index (χ1n) is 5.39. The number of halogens is 2. The molecule has 0 heterocycles. The zero-order valence-corrected chi connectivity index (χ0v) is 12.7. The Morgan fingerprint density at radius 3 is 2.44 bits per heavy atom. The minimum absolute atomic E-state index is 0.278. The average molecular weight is 305 g/mol. The van der Waals surface area contributed by atoms with Crippen LogP contribution < -0.4 is 4.90 Å². The van der Waals surface area contributed by atoms with Crippen molar-refractivity contribution in [2.24, 2.45) is 5.41 Å². The maximum atomic E-state index is 6.05. The van der Waals surface area contributed by atoms with Crippen molar-refractivity contribution >= 4 is 33.2 Å². The van der Waals surface area contributed by atoms with E-state index < -0.39 is 0 Å². The van der Waals surface area contributed by atoms with Crippen LogP contribution in [0.25, 0.3) is 0 Å². The van der Waals surface area contributed by atoms with Crippen LogP contribution in [0.5, 0.6) is 0 Å². The highest BCUT2D eigenvalue weighted by Crippen LogP contribution is 2.28. The number of hydrogen-bond donors (Lipinski definition) is 0. The molecule has 1 rings (SSSR count). The Balaban J connectivity index is 2.97. The van der Waals surface area contributed by atoms with E-state index in [-0.39, 0.29) is 5.41 Å². The maximum absolute atomic E-state index is 6.05. The van der Waals surface area contributed by atoms with Crippen molar-refractivity contribution in [1.82, 2.24) is 0 Å². The van der Waals surface area contributed by atoms with Gasteiger partial charge in [0.2, 0.25) is 0 Å². The van der Waals surface area contributed by atoms with Gasteiger partial charge in [-0.05, 0) is 23.1 Å². The largest absolute Gasteiger partial charge is 0.374 e. The monoisotopic (exact) mass is 303 g/mol. The van der Waals surface area contributed by atoms with Gasteiger partial charge in [-0.2, -0.15) is 0 Å². The summed E-state index contributed by atoms with van der Waals surface area (Å²) in [6.45, 7) is 7.72. The predicted octanol–water partition coefficient (Wildman–Crippen LogP) is 4.72. The quantitative estimate of drug-likeness (QED) is 0.731. The Hall–Kier alpha value is -0.210. The zero-order valence-electron chi connectivity index (χ0n) is 10.3. The first kappa shape index (κ1) is 13.9. The van der Waals surface area contributed by atoms with Gasteiger partial charge in [0.05, 0.1) is 0 Å². The van der Waals surface area contributed by atoms with Gasteiger partial charge in [-0.1, -0.05) is 54.4 Å². The summed E-state index contributed by atoms with van der Waals surface area (Å²) in [7, 11) is 2.11. The molecule has 0 fully saturated rings. The molecule has 0 aliphatic rings. The van der Waals surface area contributed by atoms with Crippen molar-refractivity contribution in [2.45, 2.75) is 26.1 Å². The van der Waals surface area contributed by atoms with Gasteiger partial charge in [0, 0.05) is 29.6 Å². The minimum atomic E-state index is 0.278. The second-order valence-corrected chi connectivity index (χ2v) is 6.32. The van der Waals surface area contributed by atoms with Crippen LogP contribution in [0.3, 0.4) is 0 Å². The molecule has 0 N–H and O–H groups in total. The van der Waals surface area contributed by atoms with Crippen LogP contribution in [0.2, 0.25) is 5.02 Å². The number of nitrogens with zero attached hydrogens (tertiary/aromatic N) is 1. The summed E-state index contributed by atoms with van der Waals surface area (Å²) >= 11 is 9.56. The van der Waals surface area contributed by atoms with Gasteiger partial charge in [-0.25, -0.2) is 0 Å². The molecule has 90 valence electrons. The molecule has 0 spiro atoms. The van der Waals surface area contributed by atoms with Crippen LogP contribution >= 0.6 is 27.5 Å². The van der Waals surface area contributed by atoms with Gasteiger partial charge in [0.1, 0.15) is 0 Å². The average Bonchev–Trinajstić information content (AvgIpc) is 2.15. The fraction of sp³-hybridized carbons (Fsp3) is 0.538. The predicted molar refractivity (Wildman–Crippen MR) is 76.8 cm³/mol. The first-order valence-corrected chi connectivity index (χ1v) is 6.89. The molecule has 0 atom stereocenters. The van der Waals surface area contributed by atoms with Gasteiger partial charge in [-0.15, -0.1) is 0 Å². The van der Waals surface area contributed by atoms with Crippen molar-refractivity contribution in [1.29, 1.82) is 0 Å². The number of rotatable bonds is 3. The number of hydrogen-bond acceptors (Lipinski definition) is 1. The molecule has 0 aliphatic carbocycles. The third-order valence-electron chi connectivity index (χ3n) is 2.31. The summed E-state index contributed by atoms with van der Waals surface area (Å²) in [5, 5.41) is 1.65. The van der Waals surface area contributed by atoms with Crippen molar-refractivity contribution in [3.8, 4) is 0 Å². The summed E-state index contributed by atoms with van der Waals surface area (Å²) in [4.78, 5) is 2.27. The molecule has 0 bridgehead atoms. The van der Waals surface area contributed by atoms with E-state index in [0.717, 1.165) is 16.9 Å². The molecule has 1 aromatic carbocycles. The zero-order chi connectivity index (χ0) is 12.3. The van der Waals surface area contributed by atoms with Gasteiger partial charge in [-0.3, -0.25) is 0 Å². The van der Waals surface area contributed by atoms with Crippen LogP contribution in [-0.2, 0) is 5.33 Å². The van der Waals surface area contributed by atoms with E-state index in [0.29, 0.717) is 0 Å². The van der Waals surface area contributed by atoms with Crippen molar-refractivity contribution < 1.29 is 0 Å². The lowest BCUT2D eigenvalue weighted by molar-refractivity contribution is 0.419. The highest BCUT2D eigenvalue weighted by Gasteiger charge is 2.16. The van der Waals surface area contributed by atoms with E-state index in [9.17, 15) is 0 Å². The highest BCUT2D eigenvalue weighted by molar-refractivity contribution is 9.08. The SMILES string of the molecule is CN(CC(C)(C)C)c1cc(Cl)ccc1CBr. The Kier molecular flexibility index (Phi) is 4.69. The molecule has 0 saturated heterocycles. The second kappa shape index (κ2) is 5.42. The molecule has 1 nitrogen and oxygen atoms in total. The van der Waals surface area contributed by atoms with Crippen LogP contribution in [0.1, 0.15) is 26.3 Å². The Morgan fingerprint density at radius 1 is 1.31 bits per heavy atom. The Morgan fingerprint density at radius 2 is 1.94 bits per heavy atom. The highest BCUT2D eigenvalue weighted by atomic mass is 79.9. The van der Waals surface area contributed by atoms with Crippen molar-refractivity contribution in [3.05, 3.63) is 28.8 Å². The lowest BCUT2D eigenvalue weighted by Crippen LogP contribution is -2.29. The van der Waals surface area contributed by atoms with Gasteiger partial charge < -0.3 is 4.90 Å². The van der Waals surface area contributed by atoms with E-state index in [1.807, 2.05) is 12.1 Å². The number of anilines is 1. The van der Waals surface area contributed by atoms with E-state index in [1.54, 1.807) is 0 Å². The molecule has 0 amide bonds. The molecule has 3 heteroatoms. The smallest absolute Gasteiger partial charge is 0.0426 e. The van der Waals surface area contributed by atoms with Crippen molar-refractivity contribution in [3.63, 3.8) is 0 Å². The van der Waals surface area contributed by atoms with Gasteiger partial charge in [0.25, 0.3) is 0 Å². The molecule has 0 unspecified atom stereocenters. The molecule has 0 aromatic heterocycles. The summed E-state index contributed by atoms with van der Waals surface area (Å²) in [6.07, 6.45) is 0. The first-order chi connectivity index (χ1) is 7.33. The summed E-state index contributed by atoms with van der Waals surface area (Å²) in [6, 6.07) is 6.04. The lowest BCUT2D eigenvalue weighted by Gasteiger charge is -2.29. The fourth-order valence-corrected chi connectivity index (χ4v) is 2.44.